The van der Waals surface area contributed by atoms with Gasteiger partial charge in [-0.25, -0.2) is 0 Å². The lowest BCUT2D eigenvalue weighted by molar-refractivity contribution is -0.122. The molecule has 2 aliphatic heterocycles. The predicted molar refractivity (Wildman–Crippen MR) is 136 cm³/mol. The maximum Gasteiger partial charge on any atom is 0.266 e. The number of carbonyl (C=O) groups excluding carboxylic acids is 1. The summed E-state index contributed by atoms with van der Waals surface area (Å²) in [5.74, 6) is -0.125. The van der Waals surface area contributed by atoms with Crippen molar-refractivity contribution in [3.8, 4) is 0 Å². The van der Waals surface area contributed by atoms with Crippen LogP contribution in [0.3, 0.4) is 0 Å². The topological polar surface area (TPSA) is 54.8 Å². The Morgan fingerprint density at radius 1 is 1.16 bits per heavy atom. The molecule has 1 aromatic heterocycles. The number of hydrogen-bond donors (Lipinski definition) is 0. The SMILES string of the molecule is CCOCCCN1C(=O)C(=Cc2c(N3CCCC3)c3ccccc3n(CC)c2=O)SC1=S. The molecule has 0 radical (unpaired) electrons. The second kappa shape index (κ2) is 10.2. The Bertz CT molecular complexity index is 1120. The molecule has 0 atom stereocenters. The molecule has 1 aromatic carbocycles. The van der Waals surface area contributed by atoms with E-state index in [1.54, 1.807) is 15.5 Å². The molecular weight excluding hydrogens is 442 g/mol. The van der Waals surface area contributed by atoms with Crippen LogP contribution in [0.15, 0.2) is 34.0 Å². The minimum atomic E-state index is -0.125. The van der Waals surface area contributed by atoms with Crippen molar-refractivity contribution in [2.75, 3.05) is 37.7 Å². The number of nitrogens with zero attached hydrogens (tertiary/aromatic N) is 3. The van der Waals surface area contributed by atoms with Crippen molar-refractivity contribution >= 4 is 56.9 Å². The molecule has 2 aliphatic rings. The first-order chi connectivity index (χ1) is 15.6. The molecule has 0 bridgehead atoms. The number of pyridine rings is 1. The Balaban J connectivity index is 1.79. The van der Waals surface area contributed by atoms with E-state index in [-0.39, 0.29) is 11.5 Å². The van der Waals surface area contributed by atoms with Crippen LogP contribution in [0.25, 0.3) is 17.0 Å². The van der Waals surface area contributed by atoms with Gasteiger partial charge in [0.05, 0.1) is 21.7 Å². The van der Waals surface area contributed by atoms with Gasteiger partial charge in [0, 0.05) is 44.8 Å². The van der Waals surface area contributed by atoms with Gasteiger partial charge in [-0.15, -0.1) is 0 Å². The normalized spacial score (nSPS) is 18.0. The zero-order valence-corrected chi connectivity index (χ0v) is 20.3. The number of thiocarbonyl (C=S) groups is 1. The molecule has 3 heterocycles. The molecular formula is C24H29N3O3S2. The van der Waals surface area contributed by atoms with E-state index in [1.165, 1.54) is 11.8 Å². The summed E-state index contributed by atoms with van der Waals surface area (Å²) in [5.41, 5.74) is 2.40. The molecule has 2 aromatic rings. The van der Waals surface area contributed by atoms with Crippen LogP contribution in [0.4, 0.5) is 5.69 Å². The zero-order chi connectivity index (χ0) is 22.7. The number of aromatic nitrogens is 1. The third kappa shape index (κ3) is 4.36. The van der Waals surface area contributed by atoms with Gasteiger partial charge in [-0.05, 0) is 45.3 Å². The van der Waals surface area contributed by atoms with Crippen LogP contribution in [0.5, 0.6) is 0 Å². The van der Waals surface area contributed by atoms with Gasteiger partial charge in [-0.3, -0.25) is 14.5 Å². The fourth-order valence-corrected chi connectivity index (χ4v) is 5.72. The second-order valence-corrected chi connectivity index (χ2v) is 9.58. The summed E-state index contributed by atoms with van der Waals surface area (Å²) < 4.78 is 7.72. The largest absolute Gasteiger partial charge is 0.382 e. The molecule has 6 nitrogen and oxygen atoms in total. The van der Waals surface area contributed by atoms with Gasteiger partial charge < -0.3 is 14.2 Å². The standard InChI is InChI=1S/C24H29N3O3S2/c1-3-26-19-11-6-5-10-17(19)21(25-12-7-8-13-25)18(22(26)28)16-20-23(29)27(24(31)32-20)14-9-15-30-4-2/h5-6,10-11,16H,3-4,7-9,12-15H2,1-2H3. The second-order valence-electron chi connectivity index (χ2n) is 7.91. The van der Waals surface area contributed by atoms with Crippen LogP contribution >= 0.6 is 24.0 Å². The van der Waals surface area contributed by atoms with E-state index in [1.807, 2.05) is 32.0 Å². The molecule has 0 spiro atoms. The van der Waals surface area contributed by atoms with E-state index < -0.39 is 0 Å². The lowest BCUT2D eigenvalue weighted by Crippen LogP contribution is -2.30. The molecule has 170 valence electrons. The summed E-state index contributed by atoms with van der Waals surface area (Å²) in [6.45, 7) is 8.10. The predicted octanol–water partition coefficient (Wildman–Crippen LogP) is 4.25. The Hall–Kier alpha value is -2.16. The summed E-state index contributed by atoms with van der Waals surface area (Å²) in [7, 11) is 0. The molecule has 1 amide bonds. The minimum absolute atomic E-state index is 0.0604. The summed E-state index contributed by atoms with van der Waals surface area (Å²) in [5, 5.41) is 1.05. The number of para-hydroxylation sites is 1. The fourth-order valence-electron chi connectivity index (χ4n) is 4.43. The zero-order valence-electron chi connectivity index (χ0n) is 18.6. The number of ether oxygens (including phenoxy) is 1. The van der Waals surface area contributed by atoms with Gasteiger partial charge in [-0.2, -0.15) is 0 Å². The van der Waals surface area contributed by atoms with E-state index in [0.717, 1.165) is 48.9 Å². The number of carbonyl (C=O) groups is 1. The van der Waals surface area contributed by atoms with Crippen molar-refractivity contribution in [2.45, 2.75) is 39.7 Å². The average molecular weight is 472 g/mol. The molecule has 32 heavy (non-hydrogen) atoms. The van der Waals surface area contributed by atoms with Gasteiger partial charge in [0.15, 0.2) is 0 Å². The summed E-state index contributed by atoms with van der Waals surface area (Å²) in [4.78, 5) is 31.2. The van der Waals surface area contributed by atoms with Crippen molar-refractivity contribution < 1.29 is 9.53 Å². The van der Waals surface area contributed by atoms with E-state index in [0.29, 0.717) is 41.1 Å². The number of benzene rings is 1. The number of thioether (sulfide) groups is 1. The number of amides is 1. The van der Waals surface area contributed by atoms with Crippen LogP contribution in [0, 0.1) is 0 Å². The van der Waals surface area contributed by atoms with Gasteiger partial charge in [0.25, 0.3) is 11.5 Å². The number of anilines is 1. The highest BCUT2D eigenvalue weighted by molar-refractivity contribution is 8.26. The lowest BCUT2D eigenvalue weighted by atomic mass is 10.1. The third-order valence-electron chi connectivity index (χ3n) is 5.94. The number of fused-ring (bicyclic) bond motifs is 1. The van der Waals surface area contributed by atoms with E-state index in [4.69, 9.17) is 17.0 Å². The maximum atomic E-state index is 13.6. The molecule has 8 heteroatoms. The highest BCUT2D eigenvalue weighted by atomic mass is 32.2. The number of aryl methyl sites for hydroxylation is 1. The first-order valence-corrected chi connectivity index (χ1v) is 12.5. The molecule has 0 aliphatic carbocycles. The average Bonchev–Trinajstić information content (AvgIpc) is 3.41. The molecule has 2 saturated heterocycles. The van der Waals surface area contributed by atoms with Crippen LogP contribution < -0.4 is 10.5 Å². The van der Waals surface area contributed by atoms with Gasteiger partial charge in [-0.1, -0.05) is 42.2 Å². The molecule has 0 unspecified atom stereocenters. The monoisotopic (exact) mass is 471 g/mol. The van der Waals surface area contributed by atoms with Crippen LogP contribution in [-0.2, 0) is 16.1 Å². The Labute approximate surface area is 198 Å². The molecule has 2 fully saturated rings. The fraction of sp³-hybridized carbons (Fsp3) is 0.458. The van der Waals surface area contributed by atoms with E-state index in [9.17, 15) is 9.59 Å². The molecule has 0 N–H and O–H groups in total. The highest BCUT2D eigenvalue weighted by Gasteiger charge is 2.33. The van der Waals surface area contributed by atoms with Gasteiger partial charge in [0.1, 0.15) is 4.32 Å². The summed E-state index contributed by atoms with van der Waals surface area (Å²) in [6.07, 6.45) is 4.71. The Morgan fingerprint density at radius 2 is 1.91 bits per heavy atom. The number of rotatable bonds is 8. The Morgan fingerprint density at radius 3 is 2.62 bits per heavy atom. The smallest absolute Gasteiger partial charge is 0.266 e. The van der Waals surface area contributed by atoms with Crippen LogP contribution in [-0.4, -0.2) is 52.5 Å². The van der Waals surface area contributed by atoms with Crippen LogP contribution in [0.2, 0.25) is 0 Å². The summed E-state index contributed by atoms with van der Waals surface area (Å²) >= 11 is 6.76. The summed E-state index contributed by atoms with van der Waals surface area (Å²) in [6, 6.07) is 8.05. The minimum Gasteiger partial charge on any atom is -0.382 e. The maximum absolute atomic E-state index is 13.6. The van der Waals surface area contributed by atoms with Gasteiger partial charge in [0.2, 0.25) is 0 Å². The Kier molecular flexibility index (Phi) is 7.33. The van der Waals surface area contributed by atoms with Crippen LogP contribution in [0.1, 0.15) is 38.7 Å². The van der Waals surface area contributed by atoms with E-state index in [2.05, 4.69) is 11.0 Å². The lowest BCUT2D eigenvalue weighted by Gasteiger charge is -2.24. The van der Waals surface area contributed by atoms with Crippen molar-refractivity contribution in [2.24, 2.45) is 0 Å². The van der Waals surface area contributed by atoms with E-state index >= 15 is 0 Å². The highest BCUT2D eigenvalue weighted by Crippen LogP contribution is 2.37. The third-order valence-corrected chi connectivity index (χ3v) is 7.32. The van der Waals surface area contributed by atoms with Crippen molar-refractivity contribution in [3.05, 3.63) is 45.1 Å². The van der Waals surface area contributed by atoms with Crippen molar-refractivity contribution in [3.63, 3.8) is 0 Å². The molecule has 0 saturated carbocycles. The van der Waals surface area contributed by atoms with Crippen molar-refractivity contribution in [1.82, 2.24) is 9.47 Å². The number of hydrogen-bond acceptors (Lipinski definition) is 6. The molecule has 4 rings (SSSR count). The quantitative estimate of drug-likeness (QED) is 0.326. The first-order valence-electron chi connectivity index (χ1n) is 11.3. The first kappa shape index (κ1) is 23.0. The van der Waals surface area contributed by atoms with Gasteiger partial charge >= 0.3 is 0 Å². The van der Waals surface area contributed by atoms with Crippen molar-refractivity contribution in [1.29, 1.82) is 0 Å².